The smallest absolute Gasteiger partial charge is 0.232 e. The standard InChI is InChI=1S/C13H11Cl2N3O/c1-8-2-4-9(5-3-8)6-10-11(14)17-13(16-7-19)18-12(10)15/h2-5,7H,6H2,1H3,(H,16,17,18,19). The summed E-state index contributed by atoms with van der Waals surface area (Å²) in [6, 6.07) is 8.03. The van der Waals surface area contributed by atoms with E-state index in [4.69, 9.17) is 23.2 Å². The first kappa shape index (κ1) is 13.8. The van der Waals surface area contributed by atoms with Crippen LogP contribution in [-0.2, 0) is 11.2 Å². The molecule has 0 bridgehead atoms. The third kappa shape index (κ3) is 3.43. The number of carbonyl (C=O) groups is 1. The van der Waals surface area contributed by atoms with E-state index in [0.29, 0.717) is 18.4 Å². The van der Waals surface area contributed by atoms with E-state index in [1.165, 1.54) is 5.56 Å². The molecule has 19 heavy (non-hydrogen) atoms. The average molecular weight is 296 g/mol. The quantitative estimate of drug-likeness (QED) is 0.696. The Morgan fingerprint density at radius 2 is 1.74 bits per heavy atom. The maximum Gasteiger partial charge on any atom is 0.232 e. The Kier molecular flexibility index (Phi) is 4.35. The van der Waals surface area contributed by atoms with Gasteiger partial charge in [-0.3, -0.25) is 10.1 Å². The number of nitrogens with zero attached hydrogens (tertiary/aromatic N) is 2. The van der Waals surface area contributed by atoms with E-state index in [9.17, 15) is 4.79 Å². The molecular weight excluding hydrogens is 285 g/mol. The largest absolute Gasteiger partial charge is 0.297 e. The van der Waals surface area contributed by atoms with Crippen molar-refractivity contribution in [3.05, 3.63) is 51.3 Å². The lowest BCUT2D eigenvalue weighted by atomic mass is 10.1. The van der Waals surface area contributed by atoms with Gasteiger partial charge in [0.1, 0.15) is 10.3 Å². The SMILES string of the molecule is Cc1ccc(Cc2c(Cl)nc(NC=O)nc2Cl)cc1. The average Bonchev–Trinajstić information content (AvgIpc) is 2.36. The first-order valence-corrected chi connectivity index (χ1v) is 6.33. The lowest BCUT2D eigenvalue weighted by molar-refractivity contribution is -0.105. The number of amides is 1. The summed E-state index contributed by atoms with van der Waals surface area (Å²) in [4.78, 5) is 18.3. The van der Waals surface area contributed by atoms with Crippen molar-refractivity contribution in [2.24, 2.45) is 0 Å². The van der Waals surface area contributed by atoms with Gasteiger partial charge in [-0.05, 0) is 12.5 Å². The van der Waals surface area contributed by atoms with E-state index in [1.54, 1.807) is 0 Å². The van der Waals surface area contributed by atoms with Crippen molar-refractivity contribution in [1.82, 2.24) is 9.97 Å². The van der Waals surface area contributed by atoms with Gasteiger partial charge in [-0.2, -0.15) is 0 Å². The molecule has 0 aliphatic rings. The normalized spacial score (nSPS) is 10.3. The van der Waals surface area contributed by atoms with E-state index in [0.717, 1.165) is 5.56 Å². The zero-order chi connectivity index (χ0) is 13.8. The van der Waals surface area contributed by atoms with Crippen LogP contribution in [0, 0.1) is 6.92 Å². The highest BCUT2D eigenvalue weighted by Crippen LogP contribution is 2.25. The first-order valence-electron chi connectivity index (χ1n) is 5.58. The third-order valence-electron chi connectivity index (χ3n) is 2.60. The number of anilines is 1. The van der Waals surface area contributed by atoms with E-state index in [2.05, 4.69) is 15.3 Å². The molecule has 0 spiro atoms. The maximum absolute atomic E-state index is 10.3. The first-order chi connectivity index (χ1) is 9.10. The molecule has 98 valence electrons. The summed E-state index contributed by atoms with van der Waals surface area (Å²) in [6.45, 7) is 2.02. The molecule has 1 aromatic carbocycles. The van der Waals surface area contributed by atoms with E-state index in [-0.39, 0.29) is 16.3 Å². The van der Waals surface area contributed by atoms with Crippen molar-refractivity contribution in [2.45, 2.75) is 13.3 Å². The van der Waals surface area contributed by atoms with E-state index in [1.807, 2.05) is 31.2 Å². The third-order valence-corrected chi connectivity index (χ3v) is 3.22. The molecule has 0 atom stereocenters. The van der Waals surface area contributed by atoms with Crippen LogP contribution in [0.15, 0.2) is 24.3 Å². The number of aromatic nitrogens is 2. The van der Waals surface area contributed by atoms with Crippen molar-refractivity contribution in [3.63, 3.8) is 0 Å². The van der Waals surface area contributed by atoms with Crippen molar-refractivity contribution in [2.75, 3.05) is 5.32 Å². The molecule has 0 aliphatic carbocycles. The summed E-state index contributed by atoms with van der Waals surface area (Å²) in [6.07, 6.45) is 1.01. The van der Waals surface area contributed by atoms with Crippen molar-refractivity contribution >= 4 is 35.6 Å². The molecule has 2 rings (SSSR count). The summed E-state index contributed by atoms with van der Waals surface area (Å²) in [7, 11) is 0. The van der Waals surface area contributed by atoms with Crippen LogP contribution in [-0.4, -0.2) is 16.4 Å². The number of hydrogen-bond acceptors (Lipinski definition) is 3. The minimum absolute atomic E-state index is 0.0951. The van der Waals surface area contributed by atoms with Crippen LogP contribution in [0.1, 0.15) is 16.7 Å². The molecule has 0 saturated heterocycles. The Labute approximate surface area is 120 Å². The fourth-order valence-corrected chi connectivity index (χ4v) is 2.13. The Balaban J connectivity index is 2.29. The van der Waals surface area contributed by atoms with Crippen LogP contribution in [0.2, 0.25) is 10.3 Å². The maximum atomic E-state index is 10.3. The predicted molar refractivity (Wildman–Crippen MR) is 75.7 cm³/mol. The fourth-order valence-electron chi connectivity index (χ4n) is 1.60. The summed E-state index contributed by atoms with van der Waals surface area (Å²) in [5, 5.41) is 2.80. The van der Waals surface area contributed by atoms with Crippen LogP contribution < -0.4 is 5.32 Å². The molecule has 6 heteroatoms. The van der Waals surface area contributed by atoms with Gasteiger partial charge < -0.3 is 0 Å². The Bertz CT molecular complexity index is 576. The molecule has 0 unspecified atom stereocenters. The highest BCUT2D eigenvalue weighted by atomic mass is 35.5. The minimum Gasteiger partial charge on any atom is -0.297 e. The predicted octanol–water partition coefficient (Wildman–Crippen LogP) is 3.25. The molecular formula is C13H11Cl2N3O. The van der Waals surface area contributed by atoms with Gasteiger partial charge in [0, 0.05) is 12.0 Å². The van der Waals surface area contributed by atoms with Crippen LogP contribution in [0.3, 0.4) is 0 Å². The van der Waals surface area contributed by atoms with Crippen LogP contribution >= 0.6 is 23.2 Å². The minimum atomic E-state index is 0.0951. The Hall–Kier alpha value is -1.65. The van der Waals surface area contributed by atoms with Gasteiger partial charge in [0.15, 0.2) is 0 Å². The molecule has 1 amide bonds. The van der Waals surface area contributed by atoms with Gasteiger partial charge >= 0.3 is 0 Å². The second-order valence-corrected chi connectivity index (χ2v) is 4.75. The molecule has 4 nitrogen and oxygen atoms in total. The van der Waals surface area contributed by atoms with Crippen LogP contribution in [0.25, 0.3) is 0 Å². The summed E-state index contributed by atoms with van der Waals surface area (Å²) < 4.78 is 0. The highest BCUT2D eigenvalue weighted by molar-refractivity contribution is 6.34. The van der Waals surface area contributed by atoms with Crippen molar-refractivity contribution in [3.8, 4) is 0 Å². The van der Waals surface area contributed by atoms with Crippen LogP contribution in [0.5, 0.6) is 0 Å². The summed E-state index contributed by atoms with van der Waals surface area (Å²) in [5.41, 5.74) is 2.89. The number of rotatable bonds is 4. The topological polar surface area (TPSA) is 54.9 Å². The monoisotopic (exact) mass is 295 g/mol. The second kappa shape index (κ2) is 5.99. The molecule has 0 fully saturated rings. The molecule has 2 aromatic rings. The zero-order valence-corrected chi connectivity index (χ0v) is 11.7. The van der Waals surface area contributed by atoms with Gasteiger partial charge in [-0.25, -0.2) is 9.97 Å². The molecule has 0 saturated carbocycles. The van der Waals surface area contributed by atoms with Gasteiger partial charge in [0.2, 0.25) is 12.4 Å². The summed E-state index contributed by atoms with van der Waals surface area (Å²) >= 11 is 12.1. The number of aryl methyl sites for hydroxylation is 1. The number of halogens is 2. The molecule has 0 radical (unpaired) electrons. The Morgan fingerprint density at radius 1 is 1.16 bits per heavy atom. The highest BCUT2D eigenvalue weighted by Gasteiger charge is 2.12. The number of nitrogens with one attached hydrogen (secondary N) is 1. The van der Waals surface area contributed by atoms with Gasteiger partial charge in [0.05, 0.1) is 0 Å². The molecule has 1 N–H and O–H groups in total. The van der Waals surface area contributed by atoms with Crippen LogP contribution in [0.4, 0.5) is 5.95 Å². The molecule has 1 heterocycles. The number of hydrogen-bond donors (Lipinski definition) is 1. The second-order valence-electron chi connectivity index (χ2n) is 4.03. The van der Waals surface area contributed by atoms with Gasteiger partial charge in [-0.1, -0.05) is 53.0 Å². The molecule has 1 aromatic heterocycles. The number of carbonyl (C=O) groups excluding carboxylic acids is 1. The van der Waals surface area contributed by atoms with Crippen molar-refractivity contribution < 1.29 is 4.79 Å². The molecule has 0 aliphatic heterocycles. The lowest BCUT2D eigenvalue weighted by Gasteiger charge is -2.08. The van der Waals surface area contributed by atoms with Crippen molar-refractivity contribution in [1.29, 1.82) is 0 Å². The fraction of sp³-hybridized carbons (Fsp3) is 0.154. The van der Waals surface area contributed by atoms with E-state index < -0.39 is 0 Å². The lowest BCUT2D eigenvalue weighted by Crippen LogP contribution is -2.03. The zero-order valence-electron chi connectivity index (χ0n) is 10.2. The van der Waals surface area contributed by atoms with E-state index >= 15 is 0 Å². The van der Waals surface area contributed by atoms with Gasteiger partial charge in [0.25, 0.3) is 0 Å². The van der Waals surface area contributed by atoms with Gasteiger partial charge in [-0.15, -0.1) is 0 Å². The summed E-state index contributed by atoms with van der Waals surface area (Å²) in [5.74, 6) is 0.0951. The Morgan fingerprint density at radius 3 is 2.26 bits per heavy atom. The number of benzene rings is 1.